The maximum atomic E-state index is 12.2. The SMILES string of the molecule is CC(=O)NC(C(=O)NCCc1cc(Cl)c2c(c1)OCCO2)C(C)C. The van der Waals surface area contributed by atoms with Crippen molar-refractivity contribution in [1.82, 2.24) is 10.6 Å². The average Bonchev–Trinajstić information content (AvgIpc) is 2.52. The van der Waals surface area contributed by atoms with E-state index in [9.17, 15) is 9.59 Å². The van der Waals surface area contributed by atoms with Crippen LogP contribution in [0.15, 0.2) is 12.1 Å². The minimum Gasteiger partial charge on any atom is -0.486 e. The first-order valence-corrected chi connectivity index (χ1v) is 8.39. The van der Waals surface area contributed by atoms with Crippen LogP contribution in [-0.4, -0.2) is 37.6 Å². The summed E-state index contributed by atoms with van der Waals surface area (Å²) in [5.41, 5.74) is 0.949. The number of ether oxygens (including phenoxy) is 2. The number of carbonyl (C=O) groups is 2. The van der Waals surface area contributed by atoms with Crippen LogP contribution in [0.1, 0.15) is 26.3 Å². The molecule has 0 bridgehead atoms. The summed E-state index contributed by atoms with van der Waals surface area (Å²) < 4.78 is 11.0. The van der Waals surface area contributed by atoms with E-state index in [1.54, 1.807) is 0 Å². The van der Waals surface area contributed by atoms with Gasteiger partial charge in [-0.15, -0.1) is 0 Å². The van der Waals surface area contributed by atoms with Crippen molar-refractivity contribution in [3.63, 3.8) is 0 Å². The van der Waals surface area contributed by atoms with Crippen LogP contribution in [0.3, 0.4) is 0 Å². The summed E-state index contributed by atoms with van der Waals surface area (Å²) in [5.74, 6) is 0.804. The fraction of sp³-hybridized carbons (Fsp3) is 0.529. The van der Waals surface area contributed by atoms with E-state index in [0.29, 0.717) is 42.7 Å². The molecule has 6 nitrogen and oxygen atoms in total. The molecule has 132 valence electrons. The number of hydrogen-bond donors (Lipinski definition) is 2. The lowest BCUT2D eigenvalue weighted by molar-refractivity contribution is -0.129. The maximum Gasteiger partial charge on any atom is 0.242 e. The Balaban J connectivity index is 1.92. The third kappa shape index (κ3) is 4.77. The van der Waals surface area contributed by atoms with Gasteiger partial charge in [-0.2, -0.15) is 0 Å². The summed E-state index contributed by atoms with van der Waals surface area (Å²) in [6.45, 7) is 6.61. The highest BCUT2D eigenvalue weighted by Gasteiger charge is 2.22. The van der Waals surface area contributed by atoms with Crippen molar-refractivity contribution in [3.05, 3.63) is 22.7 Å². The van der Waals surface area contributed by atoms with Crippen molar-refractivity contribution in [2.75, 3.05) is 19.8 Å². The molecule has 0 radical (unpaired) electrons. The number of halogens is 1. The van der Waals surface area contributed by atoms with E-state index in [1.165, 1.54) is 6.92 Å². The third-order valence-electron chi connectivity index (χ3n) is 3.68. The van der Waals surface area contributed by atoms with E-state index in [1.807, 2.05) is 26.0 Å². The zero-order valence-corrected chi connectivity index (χ0v) is 14.9. The summed E-state index contributed by atoms with van der Waals surface area (Å²) in [4.78, 5) is 23.4. The van der Waals surface area contributed by atoms with Gasteiger partial charge in [0.15, 0.2) is 11.5 Å². The van der Waals surface area contributed by atoms with Crippen LogP contribution in [0, 0.1) is 5.92 Å². The number of rotatable bonds is 6. The number of carbonyl (C=O) groups excluding carboxylic acids is 2. The van der Waals surface area contributed by atoms with E-state index in [4.69, 9.17) is 21.1 Å². The monoisotopic (exact) mass is 354 g/mol. The molecule has 0 aliphatic carbocycles. The molecule has 0 fully saturated rings. The van der Waals surface area contributed by atoms with Gasteiger partial charge in [0.1, 0.15) is 19.3 Å². The Labute approximate surface area is 146 Å². The van der Waals surface area contributed by atoms with E-state index in [2.05, 4.69) is 10.6 Å². The normalized spacial score (nSPS) is 14.2. The van der Waals surface area contributed by atoms with Crippen LogP contribution in [0.2, 0.25) is 5.02 Å². The summed E-state index contributed by atoms with van der Waals surface area (Å²) >= 11 is 6.20. The first kappa shape index (κ1) is 18.4. The molecule has 0 saturated heterocycles. The van der Waals surface area contributed by atoms with Gasteiger partial charge in [-0.1, -0.05) is 25.4 Å². The molecular weight excluding hydrogens is 332 g/mol. The highest BCUT2D eigenvalue weighted by molar-refractivity contribution is 6.32. The lowest BCUT2D eigenvalue weighted by Crippen LogP contribution is -2.49. The molecular formula is C17H23ClN2O4. The number of amides is 2. The minimum atomic E-state index is -0.536. The minimum absolute atomic E-state index is 0.0117. The van der Waals surface area contributed by atoms with Crippen molar-refractivity contribution in [3.8, 4) is 11.5 Å². The summed E-state index contributed by atoms with van der Waals surface area (Å²) in [5, 5.41) is 6.02. The molecule has 2 amide bonds. The molecule has 1 unspecified atom stereocenters. The third-order valence-corrected chi connectivity index (χ3v) is 3.96. The van der Waals surface area contributed by atoms with Crippen molar-refractivity contribution in [2.45, 2.75) is 33.2 Å². The highest BCUT2D eigenvalue weighted by atomic mass is 35.5. The van der Waals surface area contributed by atoms with Crippen molar-refractivity contribution in [2.24, 2.45) is 5.92 Å². The fourth-order valence-corrected chi connectivity index (χ4v) is 2.79. The second-order valence-corrected chi connectivity index (χ2v) is 6.47. The molecule has 0 saturated carbocycles. The number of nitrogens with one attached hydrogen (secondary N) is 2. The molecule has 1 aromatic rings. The van der Waals surface area contributed by atoms with Gasteiger partial charge in [-0.25, -0.2) is 0 Å². The summed E-state index contributed by atoms with van der Waals surface area (Å²) in [6.07, 6.45) is 0.604. The van der Waals surface area contributed by atoms with Crippen molar-refractivity contribution in [1.29, 1.82) is 0 Å². The zero-order chi connectivity index (χ0) is 17.7. The van der Waals surface area contributed by atoms with Gasteiger partial charge in [0.25, 0.3) is 0 Å². The van der Waals surface area contributed by atoms with Gasteiger partial charge < -0.3 is 20.1 Å². The molecule has 7 heteroatoms. The van der Waals surface area contributed by atoms with Gasteiger partial charge in [0.05, 0.1) is 5.02 Å². The first-order chi connectivity index (χ1) is 11.4. The zero-order valence-electron chi connectivity index (χ0n) is 14.1. The molecule has 1 aromatic carbocycles. The van der Waals surface area contributed by atoms with Gasteiger partial charge >= 0.3 is 0 Å². The number of fused-ring (bicyclic) bond motifs is 1. The molecule has 0 aromatic heterocycles. The number of hydrogen-bond acceptors (Lipinski definition) is 4. The van der Waals surface area contributed by atoms with Gasteiger partial charge in [-0.3, -0.25) is 9.59 Å². The quantitative estimate of drug-likeness (QED) is 0.818. The fourth-order valence-electron chi connectivity index (χ4n) is 2.50. The Morgan fingerprint density at radius 2 is 1.96 bits per heavy atom. The molecule has 2 rings (SSSR count). The van der Waals surface area contributed by atoms with Crippen molar-refractivity contribution < 1.29 is 19.1 Å². The van der Waals surface area contributed by atoms with E-state index in [0.717, 1.165) is 5.56 Å². The second-order valence-electron chi connectivity index (χ2n) is 6.07. The lowest BCUT2D eigenvalue weighted by atomic mass is 10.0. The lowest BCUT2D eigenvalue weighted by Gasteiger charge is -2.21. The molecule has 1 aliphatic heterocycles. The van der Waals surface area contributed by atoms with Gasteiger partial charge in [0, 0.05) is 13.5 Å². The molecule has 1 atom stereocenters. The summed E-state index contributed by atoms with van der Waals surface area (Å²) in [6, 6.07) is 3.15. The van der Waals surface area contributed by atoms with Gasteiger partial charge in [0.2, 0.25) is 11.8 Å². The Morgan fingerprint density at radius 3 is 2.62 bits per heavy atom. The van der Waals surface area contributed by atoms with Crippen molar-refractivity contribution >= 4 is 23.4 Å². The maximum absolute atomic E-state index is 12.2. The molecule has 1 aliphatic rings. The molecule has 24 heavy (non-hydrogen) atoms. The van der Waals surface area contributed by atoms with Gasteiger partial charge in [-0.05, 0) is 30.0 Å². The largest absolute Gasteiger partial charge is 0.486 e. The van der Waals surface area contributed by atoms with Crippen LogP contribution in [0.5, 0.6) is 11.5 Å². The topological polar surface area (TPSA) is 76.7 Å². The first-order valence-electron chi connectivity index (χ1n) is 8.01. The predicted octanol–water partition coefficient (Wildman–Crippen LogP) is 1.93. The van der Waals surface area contributed by atoms with Crippen LogP contribution >= 0.6 is 11.6 Å². The Morgan fingerprint density at radius 1 is 1.25 bits per heavy atom. The van der Waals surface area contributed by atoms with Crippen LogP contribution < -0.4 is 20.1 Å². The second kappa shape index (κ2) is 8.24. The van der Waals surface area contributed by atoms with E-state index >= 15 is 0 Å². The Kier molecular flexibility index (Phi) is 6.31. The van der Waals surface area contributed by atoms with Crippen LogP contribution in [0.4, 0.5) is 0 Å². The highest BCUT2D eigenvalue weighted by Crippen LogP contribution is 2.38. The van der Waals surface area contributed by atoms with E-state index in [-0.39, 0.29) is 17.7 Å². The molecule has 1 heterocycles. The Hall–Kier alpha value is -1.95. The molecule has 2 N–H and O–H groups in total. The average molecular weight is 355 g/mol. The number of benzene rings is 1. The smallest absolute Gasteiger partial charge is 0.242 e. The predicted molar refractivity (Wildman–Crippen MR) is 91.6 cm³/mol. The van der Waals surface area contributed by atoms with E-state index < -0.39 is 6.04 Å². The molecule has 0 spiro atoms. The summed E-state index contributed by atoms with van der Waals surface area (Å²) in [7, 11) is 0. The standard InChI is InChI=1S/C17H23ClN2O4/c1-10(2)15(20-11(3)21)17(22)19-5-4-12-8-13(18)16-14(9-12)23-6-7-24-16/h8-10,15H,4-7H2,1-3H3,(H,19,22)(H,20,21). The Bertz CT molecular complexity index is 619. The van der Waals surface area contributed by atoms with Crippen LogP contribution in [0.25, 0.3) is 0 Å². The van der Waals surface area contributed by atoms with Crippen LogP contribution in [-0.2, 0) is 16.0 Å².